The molecule has 2 aliphatic heterocycles. The summed E-state index contributed by atoms with van der Waals surface area (Å²) in [7, 11) is 53.6. The highest BCUT2D eigenvalue weighted by molar-refractivity contribution is 7.00. The van der Waals surface area contributed by atoms with Crippen molar-refractivity contribution in [1.82, 2.24) is 0 Å². The fraction of sp³-hybridized carbons (Fsp3) is 0.312. The van der Waals surface area contributed by atoms with Crippen molar-refractivity contribution >= 4 is 175 Å². The van der Waals surface area contributed by atoms with Gasteiger partial charge in [0.25, 0.3) is 6.71 Å². The smallest absolute Gasteiger partial charge is 0.297 e. The largest absolute Gasteiger partial charge is 0.468 e. The number of aryl methyl sites for hydroxylation is 1. The summed E-state index contributed by atoms with van der Waals surface area (Å²) in [5.74, 6) is 0. The third kappa shape index (κ3) is 7.94. The Labute approximate surface area is 463 Å². The van der Waals surface area contributed by atoms with E-state index >= 15 is 0 Å². The predicted octanol–water partition coefficient (Wildman–Crippen LogP) is 6.11. The van der Waals surface area contributed by atoms with Crippen LogP contribution in [0, 0.1) is 6.92 Å². The van der Waals surface area contributed by atoms with E-state index in [1.54, 1.807) is 0 Å². The maximum absolute atomic E-state index is 7.62. The van der Waals surface area contributed by atoms with Crippen LogP contribution in [0.2, 0.25) is 0 Å². The van der Waals surface area contributed by atoms with Crippen LogP contribution in [0.15, 0.2) is 101 Å². The molecule has 0 bridgehead atoms. The molecule has 3 heterocycles. The average molecular weight is 969 g/mol. The van der Waals surface area contributed by atoms with E-state index in [9.17, 15) is 0 Å². The minimum atomic E-state index is -0.587. The van der Waals surface area contributed by atoms with Crippen molar-refractivity contribution in [3.05, 3.63) is 136 Å². The lowest BCUT2D eigenvalue weighted by molar-refractivity contribution is 0.332. The number of hydrogen-bond acceptors (Lipinski definition) is 3. The Morgan fingerprint density at radius 3 is 1.59 bits per heavy atom. The maximum Gasteiger partial charge on any atom is 0.297 e. The van der Waals surface area contributed by atoms with Crippen LogP contribution >= 0.6 is 0 Å². The van der Waals surface area contributed by atoms with Crippen LogP contribution in [0.5, 0.6) is 0 Å². The van der Waals surface area contributed by atoms with E-state index < -0.39 is 5.41 Å². The number of rotatable bonds is 5. The van der Waals surface area contributed by atoms with E-state index in [4.69, 9.17) is 67.2 Å². The molecule has 0 N–H and O–H groups in total. The summed E-state index contributed by atoms with van der Waals surface area (Å²) < 4.78 is 7.62. The Balaban J connectivity index is 1.29. The SMILES string of the molecule is [B]c1cc(C(C)(C)c2ccc3c(c2)B2c4oc5cc6c(cc5c4N(c4ccc(C(C)(C)C)cc4)c4cc(C)cc(c42)N3c2ccc(C(C)(C)C)cc2-c2c([B])c([B])c([B])c([B])c2[B])C(C)(C)CCC6(C)C)cc([B])c1[B]. The fourth-order valence-electron chi connectivity index (χ4n) is 12.5. The average Bonchev–Trinajstić information content (AvgIpc) is 3.73. The zero-order valence-corrected chi connectivity index (χ0v) is 46.7. The molecular formula is C64H59B9N2O. The monoisotopic (exact) mass is 971 g/mol. The number of nitrogens with zero attached hydrogens (tertiary/aromatic N) is 2. The van der Waals surface area contributed by atoms with E-state index in [-0.39, 0.29) is 55.7 Å². The Kier molecular flexibility index (Phi) is 12.0. The second-order valence-electron chi connectivity index (χ2n) is 26.0. The van der Waals surface area contributed by atoms with E-state index in [0.717, 1.165) is 102 Å². The van der Waals surface area contributed by atoms with Crippen LogP contribution in [0.4, 0.5) is 34.1 Å². The summed E-state index contributed by atoms with van der Waals surface area (Å²) in [5, 5.41) is 1.09. The fourth-order valence-corrected chi connectivity index (χ4v) is 12.5. The van der Waals surface area contributed by atoms with Crippen molar-refractivity contribution in [2.45, 2.75) is 130 Å². The molecule has 0 saturated carbocycles. The van der Waals surface area contributed by atoms with Gasteiger partial charge in [0.1, 0.15) is 68.4 Å². The molecule has 358 valence electrons. The van der Waals surface area contributed by atoms with Gasteiger partial charge < -0.3 is 14.2 Å². The number of anilines is 6. The third-order valence-electron chi connectivity index (χ3n) is 17.5. The molecule has 0 saturated heterocycles. The van der Waals surface area contributed by atoms with Crippen molar-refractivity contribution in [1.29, 1.82) is 0 Å². The number of fused-ring (bicyclic) bond motifs is 7. The van der Waals surface area contributed by atoms with Crippen molar-refractivity contribution in [2.24, 2.45) is 0 Å². The van der Waals surface area contributed by atoms with E-state index in [2.05, 4.69) is 185 Å². The molecule has 3 aliphatic rings. The maximum atomic E-state index is 7.62. The van der Waals surface area contributed by atoms with Crippen molar-refractivity contribution in [3.63, 3.8) is 0 Å². The zero-order valence-electron chi connectivity index (χ0n) is 46.7. The Morgan fingerprint density at radius 2 is 1.01 bits per heavy atom. The molecule has 12 heteroatoms. The molecule has 3 nitrogen and oxygen atoms in total. The molecule has 1 aliphatic carbocycles. The van der Waals surface area contributed by atoms with Gasteiger partial charge in [0.05, 0.1) is 17.0 Å². The van der Waals surface area contributed by atoms with Crippen LogP contribution in [0.25, 0.3) is 22.1 Å². The summed E-state index contributed by atoms with van der Waals surface area (Å²) in [4.78, 5) is 4.83. The minimum Gasteiger partial charge on any atom is -0.468 e. The quantitative estimate of drug-likeness (QED) is 0.195. The van der Waals surface area contributed by atoms with Gasteiger partial charge in [0.2, 0.25) is 0 Å². The normalized spacial score (nSPS) is 15.6. The summed E-state index contributed by atoms with van der Waals surface area (Å²) in [6.07, 6.45) is 2.17. The van der Waals surface area contributed by atoms with Gasteiger partial charge in [-0.2, -0.15) is 0 Å². The molecule has 16 radical (unpaired) electrons. The first-order valence-corrected chi connectivity index (χ1v) is 26.6. The molecule has 0 unspecified atom stereocenters. The Morgan fingerprint density at radius 1 is 0.500 bits per heavy atom. The van der Waals surface area contributed by atoms with Gasteiger partial charge in [0.15, 0.2) is 0 Å². The lowest BCUT2D eigenvalue weighted by Crippen LogP contribution is -2.61. The summed E-state index contributed by atoms with van der Waals surface area (Å²) in [6, 6.07) is 35.8. The van der Waals surface area contributed by atoms with E-state index in [1.807, 2.05) is 12.1 Å². The van der Waals surface area contributed by atoms with Crippen LogP contribution in [0.3, 0.4) is 0 Å². The Hall–Kier alpha value is -5.74. The molecule has 1 aromatic heterocycles. The standard InChI is InChI=1S/C64H59B9N2O/c1-32-24-47-57-48(25-32)75(45-20-16-34(61(5,6)7)26-38(45)50-52(68)54(70)56(72)55(71)53(50)69)46-21-17-35(64(12,13)36-27-42(65)51(67)43(66)28-36)29-44(46)73(57)59-58(74(47)37-18-14-33(15-19-37)60(2,3)4)39-30-40-41(31-49(39)76-59)63(10,11)23-22-62(40,8)9/h14-21,24-31H,22-23H2,1-13H3. The van der Waals surface area contributed by atoms with Gasteiger partial charge in [-0.3, -0.25) is 0 Å². The molecule has 76 heavy (non-hydrogen) atoms. The predicted molar refractivity (Wildman–Crippen MR) is 335 cm³/mol. The molecule has 0 spiro atoms. The molecule has 7 aromatic carbocycles. The highest BCUT2D eigenvalue weighted by Gasteiger charge is 2.49. The number of hydrogen-bond donors (Lipinski definition) is 0. The third-order valence-corrected chi connectivity index (χ3v) is 17.5. The number of benzene rings is 7. The second-order valence-corrected chi connectivity index (χ2v) is 26.0. The van der Waals surface area contributed by atoms with Gasteiger partial charge in [-0.15, -0.1) is 32.8 Å². The first kappa shape index (κ1) is 52.3. The van der Waals surface area contributed by atoms with Crippen molar-refractivity contribution in [2.75, 3.05) is 9.80 Å². The second kappa shape index (κ2) is 17.4. The minimum absolute atomic E-state index is 0.0395. The highest BCUT2D eigenvalue weighted by atomic mass is 16.3. The van der Waals surface area contributed by atoms with Crippen LogP contribution in [-0.4, -0.2) is 69.5 Å². The van der Waals surface area contributed by atoms with Gasteiger partial charge >= 0.3 is 0 Å². The molecule has 0 atom stereocenters. The first-order chi connectivity index (χ1) is 35.4. The van der Waals surface area contributed by atoms with Gasteiger partial charge in [-0.25, -0.2) is 0 Å². The van der Waals surface area contributed by atoms with E-state index in [1.165, 1.54) is 16.7 Å². The zero-order chi connectivity index (χ0) is 54.8. The molecule has 11 rings (SSSR count). The summed E-state index contributed by atoms with van der Waals surface area (Å²) in [6.45, 7) is 29.1. The van der Waals surface area contributed by atoms with Crippen LogP contribution < -0.4 is 70.1 Å². The highest BCUT2D eigenvalue weighted by Crippen LogP contribution is 2.53. The first-order valence-electron chi connectivity index (χ1n) is 26.6. The Bertz CT molecular complexity index is 3730. The van der Waals surface area contributed by atoms with Crippen LogP contribution in [-0.2, 0) is 27.1 Å². The molecule has 8 aromatic rings. The molecular weight excluding hydrogens is 910 g/mol. The van der Waals surface area contributed by atoms with Gasteiger partial charge in [0, 0.05) is 39.1 Å². The van der Waals surface area contributed by atoms with Crippen molar-refractivity contribution in [3.8, 4) is 11.1 Å². The van der Waals surface area contributed by atoms with Crippen LogP contribution in [0.1, 0.15) is 135 Å². The molecule has 0 fully saturated rings. The van der Waals surface area contributed by atoms with Gasteiger partial charge in [-0.05, 0) is 151 Å². The number of furan rings is 1. The lowest BCUT2D eigenvalue weighted by Gasteiger charge is -2.44. The lowest BCUT2D eigenvalue weighted by atomic mass is 9.35. The summed E-state index contributed by atoms with van der Waals surface area (Å²) in [5.41, 5.74) is 20.6. The van der Waals surface area contributed by atoms with E-state index in [0.29, 0.717) is 22.0 Å². The van der Waals surface area contributed by atoms with Crippen molar-refractivity contribution < 1.29 is 4.42 Å². The summed E-state index contributed by atoms with van der Waals surface area (Å²) >= 11 is 0. The topological polar surface area (TPSA) is 19.6 Å². The van der Waals surface area contributed by atoms with Gasteiger partial charge in [-0.1, -0.05) is 136 Å². The molecule has 0 amide bonds.